The first-order valence-corrected chi connectivity index (χ1v) is 10.5. The number of amides is 1. The van der Waals surface area contributed by atoms with E-state index in [2.05, 4.69) is 12.2 Å². The first-order chi connectivity index (χ1) is 12.0. The van der Waals surface area contributed by atoms with Crippen molar-refractivity contribution in [3.05, 3.63) is 29.8 Å². The van der Waals surface area contributed by atoms with Crippen LogP contribution in [-0.4, -0.2) is 62.3 Å². The summed E-state index contributed by atoms with van der Waals surface area (Å²) in [5, 5.41) is 3.29. The fourth-order valence-electron chi connectivity index (χ4n) is 3.24. The van der Waals surface area contributed by atoms with Gasteiger partial charge in [0, 0.05) is 37.8 Å². The Kier molecular flexibility index (Phi) is 6.98. The molecule has 0 saturated carbocycles. The van der Waals surface area contributed by atoms with E-state index in [1.54, 1.807) is 12.1 Å². The molecule has 1 N–H and O–H groups in total. The van der Waals surface area contributed by atoms with Crippen molar-refractivity contribution in [1.82, 2.24) is 14.5 Å². The topological polar surface area (TPSA) is 69.7 Å². The largest absolute Gasteiger partial charge is 0.334 e. The number of carbonyl (C=O) groups is 1. The maximum absolute atomic E-state index is 12.9. The molecule has 6 nitrogen and oxygen atoms in total. The lowest BCUT2D eigenvalue weighted by Gasteiger charge is -2.28. The van der Waals surface area contributed by atoms with E-state index in [1.807, 2.05) is 18.7 Å². The molecule has 1 heterocycles. The van der Waals surface area contributed by atoms with E-state index in [9.17, 15) is 13.2 Å². The van der Waals surface area contributed by atoms with Crippen molar-refractivity contribution in [2.75, 3.05) is 32.7 Å². The minimum Gasteiger partial charge on any atom is -0.334 e. The SMILES string of the molecule is CCCN(C(=O)c1ccc(S(=O)(=O)N(CC)CC)cc1)C1CCNC1. The fraction of sp³-hybridized carbons (Fsp3) is 0.611. The zero-order chi connectivity index (χ0) is 18.4. The van der Waals surface area contributed by atoms with E-state index in [-0.39, 0.29) is 16.8 Å². The number of hydrogen-bond acceptors (Lipinski definition) is 4. The lowest BCUT2D eigenvalue weighted by atomic mass is 10.1. The molecule has 1 aromatic rings. The Bertz CT molecular complexity index is 663. The van der Waals surface area contributed by atoms with Crippen LogP contribution in [-0.2, 0) is 10.0 Å². The number of benzene rings is 1. The van der Waals surface area contributed by atoms with Gasteiger partial charge in [0.15, 0.2) is 0 Å². The van der Waals surface area contributed by atoms with Crippen molar-refractivity contribution in [3.63, 3.8) is 0 Å². The Morgan fingerprint density at radius 2 is 1.80 bits per heavy atom. The molecule has 1 saturated heterocycles. The maximum atomic E-state index is 12.9. The van der Waals surface area contributed by atoms with Crippen molar-refractivity contribution in [2.24, 2.45) is 0 Å². The van der Waals surface area contributed by atoms with E-state index in [0.717, 1.165) is 25.9 Å². The lowest BCUT2D eigenvalue weighted by Crippen LogP contribution is -2.42. The van der Waals surface area contributed by atoms with Crippen LogP contribution in [0.15, 0.2) is 29.2 Å². The molecule has 25 heavy (non-hydrogen) atoms. The third-order valence-electron chi connectivity index (χ3n) is 4.64. The van der Waals surface area contributed by atoms with Crippen LogP contribution in [0.25, 0.3) is 0 Å². The van der Waals surface area contributed by atoms with Crippen LogP contribution in [0.5, 0.6) is 0 Å². The summed E-state index contributed by atoms with van der Waals surface area (Å²) < 4.78 is 26.5. The number of carbonyl (C=O) groups excluding carboxylic acids is 1. The van der Waals surface area contributed by atoms with Gasteiger partial charge < -0.3 is 10.2 Å². The van der Waals surface area contributed by atoms with E-state index < -0.39 is 10.0 Å². The summed E-state index contributed by atoms with van der Waals surface area (Å²) in [4.78, 5) is 15.0. The molecule has 0 bridgehead atoms. The molecule has 0 spiro atoms. The van der Waals surface area contributed by atoms with E-state index in [0.29, 0.717) is 25.2 Å². The van der Waals surface area contributed by atoms with Crippen LogP contribution >= 0.6 is 0 Å². The quantitative estimate of drug-likeness (QED) is 0.762. The van der Waals surface area contributed by atoms with Gasteiger partial charge in [0.05, 0.1) is 4.90 Å². The molecule has 1 aliphatic heterocycles. The Morgan fingerprint density at radius 1 is 1.16 bits per heavy atom. The summed E-state index contributed by atoms with van der Waals surface area (Å²) in [7, 11) is -3.49. The van der Waals surface area contributed by atoms with Crippen LogP contribution in [0.4, 0.5) is 0 Å². The molecular formula is C18H29N3O3S. The molecule has 140 valence electrons. The normalized spacial score (nSPS) is 17.8. The molecule has 1 atom stereocenters. The standard InChI is InChI=1S/C18H29N3O3S/c1-4-13-21(16-11-12-19-14-16)18(22)15-7-9-17(10-8-15)25(23,24)20(5-2)6-3/h7-10,16,19H,4-6,11-14H2,1-3H3. The van der Waals surface area contributed by atoms with Gasteiger partial charge in [-0.05, 0) is 43.7 Å². The van der Waals surface area contributed by atoms with Crippen molar-refractivity contribution >= 4 is 15.9 Å². The Balaban J connectivity index is 2.21. The van der Waals surface area contributed by atoms with Crippen molar-refractivity contribution < 1.29 is 13.2 Å². The molecule has 1 aliphatic rings. The maximum Gasteiger partial charge on any atom is 0.254 e. The lowest BCUT2D eigenvalue weighted by molar-refractivity contribution is 0.0692. The number of nitrogens with one attached hydrogen (secondary N) is 1. The Hall–Kier alpha value is -1.44. The number of hydrogen-bond donors (Lipinski definition) is 1. The van der Waals surface area contributed by atoms with Crippen LogP contribution in [0, 0.1) is 0 Å². The summed E-state index contributed by atoms with van der Waals surface area (Å²) in [5.74, 6) is -0.0256. The first-order valence-electron chi connectivity index (χ1n) is 9.07. The van der Waals surface area contributed by atoms with Gasteiger partial charge in [-0.25, -0.2) is 8.42 Å². The summed E-state index contributed by atoms with van der Waals surface area (Å²) in [6, 6.07) is 6.55. The fourth-order valence-corrected chi connectivity index (χ4v) is 4.70. The smallest absolute Gasteiger partial charge is 0.254 e. The minimum atomic E-state index is -3.49. The molecular weight excluding hydrogens is 338 g/mol. The molecule has 1 amide bonds. The molecule has 0 aliphatic carbocycles. The minimum absolute atomic E-state index is 0.0256. The summed E-state index contributed by atoms with van der Waals surface area (Å²) in [6.07, 6.45) is 1.86. The summed E-state index contributed by atoms with van der Waals surface area (Å²) >= 11 is 0. The van der Waals surface area contributed by atoms with Gasteiger partial charge in [-0.2, -0.15) is 4.31 Å². The molecule has 2 rings (SSSR count). The predicted octanol–water partition coefficient (Wildman–Crippen LogP) is 1.93. The van der Waals surface area contributed by atoms with Crippen molar-refractivity contribution in [2.45, 2.75) is 44.6 Å². The average molecular weight is 368 g/mol. The third kappa shape index (κ3) is 4.40. The van der Waals surface area contributed by atoms with Gasteiger partial charge >= 0.3 is 0 Å². The van der Waals surface area contributed by atoms with Crippen LogP contribution in [0.3, 0.4) is 0 Å². The number of rotatable bonds is 8. The molecule has 0 radical (unpaired) electrons. The molecule has 7 heteroatoms. The van der Waals surface area contributed by atoms with Crippen LogP contribution in [0.1, 0.15) is 44.0 Å². The number of nitrogens with zero attached hydrogens (tertiary/aromatic N) is 2. The highest BCUT2D eigenvalue weighted by atomic mass is 32.2. The van der Waals surface area contributed by atoms with Gasteiger partial charge in [0.25, 0.3) is 5.91 Å². The highest BCUT2D eigenvalue weighted by Gasteiger charge is 2.27. The molecule has 1 fully saturated rings. The Morgan fingerprint density at radius 3 is 2.28 bits per heavy atom. The Labute approximate surface area is 151 Å². The van der Waals surface area contributed by atoms with E-state index in [4.69, 9.17) is 0 Å². The predicted molar refractivity (Wildman–Crippen MR) is 99.2 cm³/mol. The molecule has 0 aromatic heterocycles. The third-order valence-corrected chi connectivity index (χ3v) is 6.71. The van der Waals surface area contributed by atoms with Gasteiger partial charge in [-0.3, -0.25) is 4.79 Å². The van der Waals surface area contributed by atoms with Crippen molar-refractivity contribution in [3.8, 4) is 0 Å². The van der Waals surface area contributed by atoms with E-state index in [1.165, 1.54) is 16.4 Å². The van der Waals surface area contributed by atoms with Gasteiger partial charge in [0.2, 0.25) is 10.0 Å². The summed E-state index contributed by atoms with van der Waals surface area (Å²) in [6.45, 7) is 9.01. The monoisotopic (exact) mass is 367 g/mol. The second-order valence-electron chi connectivity index (χ2n) is 6.26. The summed E-state index contributed by atoms with van der Waals surface area (Å²) in [5.41, 5.74) is 0.541. The molecule has 1 aromatic carbocycles. The highest BCUT2D eigenvalue weighted by molar-refractivity contribution is 7.89. The van der Waals surface area contributed by atoms with Crippen LogP contribution < -0.4 is 5.32 Å². The number of sulfonamides is 1. The van der Waals surface area contributed by atoms with Crippen LogP contribution in [0.2, 0.25) is 0 Å². The second-order valence-corrected chi connectivity index (χ2v) is 8.20. The zero-order valence-corrected chi connectivity index (χ0v) is 16.2. The first kappa shape index (κ1) is 19.9. The molecule has 1 unspecified atom stereocenters. The van der Waals surface area contributed by atoms with Gasteiger partial charge in [-0.1, -0.05) is 20.8 Å². The van der Waals surface area contributed by atoms with Gasteiger partial charge in [-0.15, -0.1) is 0 Å². The second kappa shape index (κ2) is 8.78. The van der Waals surface area contributed by atoms with E-state index >= 15 is 0 Å². The van der Waals surface area contributed by atoms with Crippen molar-refractivity contribution in [1.29, 1.82) is 0 Å². The zero-order valence-electron chi connectivity index (χ0n) is 15.4. The highest BCUT2D eigenvalue weighted by Crippen LogP contribution is 2.19. The average Bonchev–Trinajstić information content (AvgIpc) is 3.14. The van der Waals surface area contributed by atoms with Gasteiger partial charge in [0.1, 0.15) is 0 Å².